The van der Waals surface area contributed by atoms with Gasteiger partial charge in [0.2, 0.25) is 0 Å². The number of rotatable bonds is 4. The summed E-state index contributed by atoms with van der Waals surface area (Å²) in [6.45, 7) is 23.1. The Morgan fingerprint density at radius 1 is 0.625 bits per heavy atom. The summed E-state index contributed by atoms with van der Waals surface area (Å²) in [6.07, 6.45) is 2.21. The molecule has 0 saturated carbocycles. The minimum absolute atomic E-state index is 0.0690. The molecule has 0 atom stereocenters. The molecule has 0 fully saturated rings. The van der Waals surface area contributed by atoms with Crippen molar-refractivity contribution in [2.45, 2.75) is 103 Å². The first kappa shape index (κ1) is 25.0. The molecule has 0 saturated heterocycles. The predicted octanol–water partition coefficient (Wildman–Crippen LogP) is 8.46. The molecular formula is C28H41NO2S. The molecule has 0 spiro atoms. The van der Waals surface area contributed by atoms with Gasteiger partial charge in [-0.1, -0.05) is 93.1 Å². The van der Waals surface area contributed by atoms with Crippen LogP contribution in [0.1, 0.15) is 93.2 Å². The smallest absolute Gasteiger partial charge is 0.165 e. The minimum Gasteiger partial charge on any atom is -0.372 e. The lowest BCUT2D eigenvalue weighted by molar-refractivity contribution is -0.0243. The minimum atomic E-state index is 0.0690. The van der Waals surface area contributed by atoms with E-state index in [0.29, 0.717) is 0 Å². The van der Waals surface area contributed by atoms with E-state index in [1.165, 1.54) is 11.1 Å². The summed E-state index contributed by atoms with van der Waals surface area (Å²) >= 11 is 1.72. The summed E-state index contributed by atoms with van der Waals surface area (Å²) in [4.78, 5) is 13.7. The fourth-order valence-corrected chi connectivity index (χ4v) is 6.30. The zero-order valence-electron chi connectivity index (χ0n) is 21.6. The van der Waals surface area contributed by atoms with E-state index in [4.69, 9.17) is 9.68 Å². The molecule has 2 aromatic carbocycles. The first-order valence-electron chi connectivity index (χ1n) is 11.6. The second kappa shape index (κ2) is 8.61. The van der Waals surface area contributed by atoms with Crippen LogP contribution in [-0.4, -0.2) is 0 Å². The number of hydrogen-bond donors (Lipinski definition) is 1. The number of benzene rings is 2. The molecule has 0 bridgehead atoms. The lowest BCUT2D eigenvalue weighted by atomic mass is 9.72. The molecule has 1 heterocycles. The maximum absolute atomic E-state index is 5.72. The predicted molar refractivity (Wildman–Crippen MR) is 136 cm³/mol. The molecule has 1 N–H and O–H groups in total. The number of fused-ring (bicyclic) bond motifs is 2. The standard InChI is InChI=1S/C28H41NO2S/c1-25(2,3)17-27(7,8)19-11-13-21-23(15-19)32-24-16-20(12-14-22(24)31-29-30-21)28(9,10)18-26(4,5)6/h11-16,29H,17-18H2,1-10H3. The third kappa shape index (κ3) is 6.23. The first-order valence-corrected chi connectivity index (χ1v) is 12.4. The Labute approximate surface area is 199 Å². The van der Waals surface area contributed by atoms with Gasteiger partial charge in [-0.15, -0.1) is 0 Å². The number of hydrogen-bond acceptors (Lipinski definition) is 4. The van der Waals surface area contributed by atoms with Crippen LogP contribution in [0.15, 0.2) is 46.2 Å². The Hall–Kier alpha value is -1.65. The molecule has 3 nitrogen and oxygen atoms in total. The Kier molecular flexibility index (Phi) is 6.72. The van der Waals surface area contributed by atoms with Crippen molar-refractivity contribution in [2.75, 3.05) is 0 Å². The van der Waals surface area contributed by atoms with Crippen molar-refractivity contribution in [3.8, 4) is 11.5 Å². The molecular weight excluding hydrogens is 414 g/mol. The van der Waals surface area contributed by atoms with Crippen LogP contribution in [0.3, 0.4) is 0 Å². The molecule has 4 heteroatoms. The summed E-state index contributed by atoms with van der Waals surface area (Å²) in [6, 6.07) is 13.0. The van der Waals surface area contributed by atoms with Crippen LogP contribution in [0.4, 0.5) is 0 Å². The molecule has 0 amide bonds. The van der Waals surface area contributed by atoms with Crippen LogP contribution in [0, 0.1) is 10.8 Å². The molecule has 0 aliphatic carbocycles. The van der Waals surface area contributed by atoms with Crippen LogP contribution < -0.4 is 15.3 Å². The average molecular weight is 456 g/mol. The van der Waals surface area contributed by atoms with Crippen LogP contribution in [0.25, 0.3) is 0 Å². The fraction of sp³-hybridized carbons (Fsp3) is 0.571. The van der Waals surface area contributed by atoms with Crippen molar-refractivity contribution in [1.82, 2.24) is 5.64 Å². The third-order valence-electron chi connectivity index (χ3n) is 5.92. The van der Waals surface area contributed by atoms with Crippen molar-refractivity contribution in [3.05, 3.63) is 47.5 Å². The van der Waals surface area contributed by atoms with E-state index in [-0.39, 0.29) is 21.7 Å². The van der Waals surface area contributed by atoms with Gasteiger partial charge >= 0.3 is 0 Å². The third-order valence-corrected chi connectivity index (χ3v) is 7.00. The second-order valence-corrected chi connectivity index (χ2v) is 14.0. The Bertz CT molecular complexity index is 887. The van der Waals surface area contributed by atoms with E-state index in [9.17, 15) is 0 Å². The average Bonchev–Trinajstić information content (AvgIpc) is 2.57. The largest absolute Gasteiger partial charge is 0.372 e. The van der Waals surface area contributed by atoms with Gasteiger partial charge in [0.05, 0.1) is 9.79 Å². The highest BCUT2D eigenvalue weighted by atomic mass is 32.2. The molecule has 176 valence electrons. The fourth-order valence-electron chi connectivity index (χ4n) is 5.27. The van der Waals surface area contributed by atoms with Crippen molar-refractivity contribution < 1.29 is 9.68 Å². The first-order chi connectivity index (χ1) is 14.6. The maximum Gasteiger partial charge on any atom is 0.165 e. The monoisotopic (exact) mass is 455 g/mol. The van der Waals surface area contributed by atoms with Gasteiger partial charge in [0.15, 0.2) is 11.5 Å². The normalized spacial score (nSPS) is 15.1. The van der Waals surface area contributed by atoms with Gasteiger partial charge in [-0.3, -0.25) is 0 Å². The van der Waals surface area contributed by atoms with E-state index >= 15 is 0 Å². The summed E-state index contributed by atoms with van der Waals surface area (Å²) in [7, 11) is 0. The van der Waals surface area contributed by atoms with Gasteiger partial charge in [0.25, 0.3) is 0 Å². The summed E-state index contributed by atoms with van der Waals surface area (Å²) in [5.74, 6) is 1.57. The molecule has 1 aliphatic heterocycles. The van der Waals surface area contributed by atoms with Gasteiger partial charge < -0.3 is 9.68 Å². The van der Waals surface area contributed by atoms with Gasteiger partial charge in [0.1, 0.15) is 0 Å². The van der Waals surface area contributed by atoms with E-state index in [1.807, 2.05) is 0 Å². The topological polar surface area (TPSA) is 30.5 Å². The van der Waals surface area contributed by atoms with Gasteiger partial charge in [0, 0.05) is 5.64 Å². The Balaban J connectivity index is 1.98. The van der Waals surface area contributed by atoms with E-state index in [2.05, 4.69) is 111 Å². The van der Waals surface area contributed by atoms with Gasteiger partial charge in [-0.2, -0.15) is 0 Å². The van der Waals surface area contributed by atoms with E-state index in [0.717, 1.165) is 34.1 Å². The van der Waals surface area contributed by atoms with Crippen molar-refractivity contribution in [3.63, 3.8) is 0 Å². The zero-order chi connectivity index (χ0) is 23.9. The molecule has 32 heavy (non-hydrogen) atoms. The van der Waals surface area contributed by atoms with Crippen molar-refractivity contribution in [2.24, 2.45) is 10.8 Å². The van der Waals surface area contributed by atoms with Crippen molar-refractivity contribution in [1.29, 1.82) is 0 Å². The lowest BCUT2D eigenvalue weighted by Crippen LogP contribution is -2.27. The molecule has 2 aromatic rings. The highest BCUT2D eigenvalue weighted by Gasteiger charge is 2.30. The summed E-state index contributed by atoms with van der Waals surface area (Å²) in [5.41, 5.74) is 5.99. The Morgan fingerprint density at radius 2 is 1.00 bits per heavy atom. The van der Waals surface area contributed by atoms with Crippen LogP contribution in [0.2, 0.25) is 0 Å². The van der Waals surface area contributed by atoms with E-state index < -0.39 is 0 Å². The molecule has 0 unspecified atom stereocenters. The Morgan fingerprint density at radius 3 is 1.34 bits per heavy atom. The zero-order valence-corrected chi connectivity index (χ0v) is 22.4. The molecule has 3 rings (SSSR count). The van der Waals surface area contributed by atoms with Crippen LogP contribution >= 0.6 is 11.8 Å². The van der Waals surface area contributed by atoms with Crippen LogP contribution in [0.5, 0.6) is 11.5 Å². The molecule has 1 aliphatic rings. The van der Waals surface area contributed by atoms with E-state index in [1.54, 1.807) is 11.8 Å². The van der Waals surface area contributed by atoms with Crippen molar-refractivity contribution >= 4 is 11.8 Å². The SMILES string of the molecule is CC(C)(C)CC(C)(C)c1ccc2c(c1)Sc1cc(C(C)(C)CC(C)(C)C)ccc1ONO2. The number of nitrogens with one attached hydrogen (secondary N) is 1. The summed E-state index contributed by atoms with van der Waals surface area (Å²) in [5, 5.41) is 0. The van der Waals surface area contributed by atoms with Crippen LogP contribution in [-0.2, 0) is 10.8 Å². The second-order valence-electron chi connectivity index (χ2n) is 13.0. The maximum atomic E-state index is 5.72. The quantitative estimate of drug-likeness (QED) is 0.501. The molecule has 0 radical (unpaired) electrons. The lowest BCUT2D eigenvalue weighted by Gasteiger charge is -2.34. The summed E-state index contributed by atoms with van der Waals surface area (Å²) < 4.78 is 0. The van der Waals surface area contributed by atoms with Gasteiger partial charge in [-0.05, 0) is 69.9 Å². The van der Waals surface area contributed by atoms with Gasteiger partial charge in [-0.25, -0.2) is 0 Å². The highest BCUT2D eigenvalue weighted by molar-refractivity contribution is 7.99. The molecule has 0 aromatic heterocycles. The highest BCUT2D eigenvalue weighted by Crippen LogP contribution is 2.46.